The molecule has 1 aromatic heterocycles. The van der Waals surface area contributed by atoms with Crippen molar-refractivity contribution in [2.24, 2.45) is 0 Å². The quantitative estimate of drug-likeness (QED) is 0.799. The van der Waals surface area contributed by atoms with E-state index in [0.717, 1.165) is 30.5 Å². The summed E-state index contributed by atoms with van der Waals surface area (Å²) in [5, 5.41) is 0. The lowest BCUT2D eigenvalue weighted by atomic mass is 10.1. The first-order valence-electron chi connectivity index (χ1n) is 6.93. The molecule has 1 spiro atoms. The molecule has 0 saturated carbocycles. The van der Waals surface area contributed by atoms with Crippen molar-refractivity contribution in [1.29, 1.82) is 0 Å². The summed E-state index contributed by atoms with van der Waals surface area (Å²) in [5.74, 6) is -0.474. The van der Waals surface area contributed by atoms with Crippen LogP contribution in [0.1, 0.15) is 12.8 Å². The van der Waals surface area contributed by atoms with E-state index in [2.05, 4.69) is 9.88 Å². The molecule has 0 atom stereocenters. The highest BCUT2D eigenvalue weighted by atomic mass is 16.7. The van der Waals surface area contributed by atoms with Crippen LogP contribution in [0.2, 0.25) is 0 Å². The molecule has 4 rings (SSSR count). The fraction of sp³-hybridized carbons (Fsp3) is 0.500. The Morgan fingerprint density at radius 1 is 1.25 bits per heavy atom. The van der Waals surface area contributed by atoms with Gasteiger partial charge in [0.05, 0.1) is 19.8 Å². The zero-order chi connectivity index (χ0) is 13.6. The molecule has 6 nitrogen and oxygen atoms in total. The number of aromatic nitrogens is 1. The van der Waals surface area contributed by atoms with E-state index in [1.54, 1.807) is 0 Å². The Morgan fingerprint density at radius 3 is 2.95 bits per heavy atom. The highest BCUT2D eigenvalue weighted by molar-refractivity contribution is 5.78. The molecular formula is C14H17N3O3. The third kappa shape index (κ3) is 1.92. The number of nitrogens with zero attached hydrogens (tertiary/aromatic N) is 2. The summed E-state index contributed by atoms with van der Waals surface area (Å²) in [6.45, 7) is 2.89. The Labute approximate surface area is 116 Å². The molecule has 2 N–H and O–H groups in total. The van der Waals surface area contributed by atoms with Crippen molar-refractivity contribution in [3.8, 4) is 0 Å². The third-order valence-electron chi connectivity index (χ3n) is 3.90. The monoisotopic (exact) mass is 275 g/mol. The number of nitrogen functional groups attached to an aromatic ring is 1. The summed E-state index contributed by atoms with van der Waals surface area (Å²) in [5.41, 5.74) is 8.00. The van der Waals surface area contributed by atoms with E-state index in [-0.39, 0.29) is 0 Å². The van der Waals surface area contributed by atoms with Crippen LogP contribution < -0.4 is 10.6 Å². The molecule has 20 heavy (non-hydrogen) atoms. The highest BCUT2D eigenvalue weighted by Gasteiger charge is 2.41. The maximum atomic E-state index is 5.81. The van der Waals surface area contributed by atoms with E-state index in [1.807, 2.05) is 18.2 Å². The topological polar surface area (TPSA) is 73.8 Å². The average Bonchev–Trinajstić information content (AvgIpc) is 3.05. The molecular weight excluding hydrogens is 258 g/mol. The van der Waals surface area contributed by atoms with Gasteiger partial charge < -0.3 is 24.5 Å². The Morgan fingerprint density at radius 2 is 2.10 bits per heavy atom. The number of ether oxygens (including phenoxy) is 2. The van der Waals surface area contributed by atoms with Gasteiger partial charge in [-0.1, -0.05) is 0 Å². The van der Waals surface area contributed by atoms with Gasteiger partial charge in [0.25, 0.3) is 6.01 Å². The molecule has 0 bridgehead atoms. The van der Waals surface area contributed by atoms with Crippen molar-refractivity contribution in [2.45, 2.75) is 18.6 Å². The summed E-state index contributed by atoms with van der Waals surface area (Å²) in [4.78, 5) is 6.61. The molecule has 3 heterocycles. The van der Waals surface area contributed by atoms with Gasteiger partial charge in [0.2, 0.25) is 0 Å². The van der Waals surface area contributed by atoms with Crippen LogP contribution in [-0.4, -0.2) is 37.1 Å². The van der Waals surface area contributed by atoms with Crippen LogP contribution in [0.15, 0.2) is 22.6 Å². The van der Waals surface area contributed by atoms with Crippen LogP contribution in [0, 0.1) is 0 Å². The molecule has 2 fully saturated rings. The first-order chi connectivity index (χ1) is 9.74. The van der Waals surface area contributed by atoms with Crippen LogP contribution in [0.25, 0.3) is 11.1 Å². The first-order valence-corrected chi connectivity index (χ1v) is 6.93. The maximum absolute atomic E-state index is 5.81. The molecule has 0 aliphatic carbocycles. The molecule has 0 radical (unpaired) electrons. The average molecular weight is 275 g/mol. The summed E-state index contributed by atoms with van der Waals surface area (Å²) >= 11 is 0. The molecule has 0 amide bonds. The van der Waals surface area contributed by atoms with E-state index < -0.39 is 5.79 Å². The van der Waals surface area contributed by atoms with E-state index in [4.69, 9.17) is 19.6 Å². The zero-order valence-corrected chi connectivity index (χ0v) is 11.2. The Kier molecular flexibility index (Phi) is 2.61. The standard InChI is InChI=1S/C14H17N3O3/c15-10-2-3-12-11(8-10)16-13(20-12)17-5-1-4-14(9-17)18-6-7-19-14/h2-3,8H,1,4-7,9,15H2. The summed E-state index contributed by atoms with van der Waals surface area (Å²) in [7, 11) is 0. The minimum absolute atomic E-state index is 0.474. The van der Waals surface area contributed by atoms with Crippen molar-refractivity contribution in [2.75, 3.05) is 36.9 Å². The lowest BCUT2D eigenvalue weighted by molar-refractivity contribution is -0.161. The number of hydrogen-bond acceptors (Lipinski definition) is 6. The molecule has 1 aromatic carbocycles. The van der Waals surface area contributed by atoms with Crippen LogP contribution in [0.5, 0.6) is 0 Å². The summed E-state index contributed by atoms with van der Waals surface area (Å²) < 4.78 is 17.4. The summed E-state index contributed by atoms with van der Waals surface area (Å²) in [6, 6.07) is 6.11. The van der Waals surface area contributed by atoms with Gasteiger partial charge in [-0.05, 0) is 24.6 Å². The van der Waals surface area contributed by atoms with Gasteiger partial charge in [0.1, 0.15) is 5.52 Å². The lowest BCUT2D eigenvalue weighted by Gasteiger charge is -2.37. The summed E-state index contributed by atoms with van der Waals surface area (Å²) in [6.07, 6.45) is 1.93. The fourth-order valence-corrected chi connectivity index (χ4v) is 2.95. The lowest BCUT2D eigenvalue weighted by Crippen LogP contribution is -2.49. The van der Waals surface area contributed by atoms with Gasteiger partial charge in [0, 0.05) is 18.7 Å². The number of rotatable bonds is 1. The van der Waals surface area contributed by atoms with E-state index in [1.165, 1.54) is 0 Å². The number of hydrogen-bond donors (Lipinski definition) is 1. The van der Waals surface area contributed by atoms with E-state index in [9.17, 15) is 0 Å². The second-order valence-electron chi connectivity index (χ2n) is 5.36. The van der Waals surface area contributed by atoms with Crippen LogP contribution in [0.4, 0.5) is 11.7 Å². The van der Waals surface area contributed by atoms with Crippen molar-refractivity contribution < 1.29 is 13.9 Å². The number of piperidine rings is 1. The van der Waals surface area contributed by atoms with Crippen molar-refractivity contribution in [3.63, 3.8) is 0 Å². The van der Waals surface area contributed by atoms with E-state index >= 15 is 0 Å². The first kappa shape index (κ1) is 12.0. The van der Waals surface area contributed by atoms with Gasteiger partial charge >= 0.3 is 0 Å². The second kappa shape index (κ2) is 4.36. The number of fused-ring (bicyclic) bond motifs is 1. The van der Waals surface area contributed by atoms with Crippen molar-refractivity contribution in [1.82, 2.24) is 4.98 Å². The number of oxazole rings is 1. The molecule has 0 unspecified atom stereocenters. The molecule has 6 heteroatoms. The molecule has 2 aliphatic heterocycles. The highest BCUT2D eigenvalue weighted by Crippen LogP contribution is 2.33. The Bertz CT molecular complexity index is 634. The smallest absolute Gasteiger partial charge is 0.298 e. The predicted molar refractivity (Wildman–Crippen MR) is 74.5 cm³/mol. The van der Waals surface area contributed by atoms with E-state index in [0.29, 0.717) is 31.5 Å². The third-order valence-corrected chi connectivity index (χ3v) is 3.90. The minimum atomic E-state index is -0.474. The number of nitrogens with two attached hydrogens (primary N) is 1. The second-order valence-corrected chi connectivity index (χ2v) is 5.36. The molecule has 2 aromatic rings. The Hall–Kier alpha value is -1.79. The molecule has 2 aliphatic rings. The SMILES string of the molecule is Nc1ccc2oc(N3CCCC4(C3)OCCO4)nc2c1. The Balaban J connectivity index is 1.64. The zero-order valence-electron chi connectivity index (χ0n) is 11.2. The number of anilines is 2. The minimum Gasteiger partial charge on any atom is -0.423 e. The predicted octanol–water partition coefficient (Wildman–Crippen LogP) is 1.75. The normalized spacial score (nSPS) is 21.9. The van der Waals surface area contributed by atoms with Crippen LogP contribution in [-0.2, 0) is 9.47 Å². The fourth-order valence-electron chi connectivity index (χ4n) is 2.95. The molecule has 2 saturated heterocycles. The number of benzene rings is 1. The largest absolute Gasteiger partial charge is 0.423 e. The van der Waals surface area contributed by atoms with Crippen molar-refractivity contribution >= 4 is 22.8 Å². The van der Waals surface area contributed by atoms with Gasteiger partial charge in [-0.3, -0.25) is 0 Å². The van der Waals surface area contributed by atoms with Gasteiger partial charge in [-0.15, -0.1) is 0 Å². The van der Waals surface area contributed by atoms with Crippen LogP contribution in [0.3, 0.4) is 0 Å². The van der Waals surface area contributed by atoms with Gasteiger partial charge in [-0.2, -0.15) is 4.98 Å². The maximum Gasteiger partial charge on any atom is 0.298 e. The van der Waals surface area contributed by atoms with Gasteiger partial charge in [0.15, 0.2) is 11.4 Å². The van der Waals surface area contributed by atoms with Crippen LogP contribution >= 0.6 is 0 Å². The molecule has 106 valence electrons. The van der Waals surface area contributed by atoms with Crippen molar-refractivity contribution in [3.05, 3.63) is 18.2 Å². The van der Waals surface area contributed by atoms with Gasteiger partial charge in [-0.25, -0.2) is 0 Å².